The van der Waals surface area contributed by atoms with E-state index in [0.717, 1.165) is 28.1 Å². The van der Waals surface area contributed by atoms with Gasteiger partial charge in [0.2, 0.25) is 0 Å². The maximum Gasteiger partial charge on any atom is 0.258 e. The highest BCUT2D eigenvalue weighted by atomic mass is 16.5. The summed E-state index contributed by atoms with van der Waals surface area (Å²) in [4.78, 5) is 14.5. The number of carbonyl (C=O) groups is 1. The summed E-state index contributed by atoms with van der Waals surface area (Å²) >= 11 is 0. The zero-order valence-electron chi connectivity index (χ0n) is 12.9. The molecular weight excluding hydrogens is 274 g/mol. The van der Waals surface area contributed by atoms with E-state index in [0.29, 0.717) is 13.2 Å². The van der Waals surface area contributed by atoms with Crippen LogP contribution in [0.2, 0.25) is 0 Å². The molecule has 1 aliphatic rings. The Morgan fingerprint density at radius 1 is 1.05 bits per heavy atom. The number of para-hydroxylation sites is 2. The monoisotopic (exact) mass is 293 g/mol. The average Bonchev–Trinajstić information content (AvgIpc) is 2.81. The average molecular weight is 293 g/mol. The van der Waals surface area contributed by atoms with Crippen LogP contribution in [-0.2, 0) is 4.79 Å². The second kappa shape index (κ2) is 6.06. The highest BCUT2D eigenvalue weighted by Crippen LogP contribution is 2.38. The Kier molecular flexibility index (Phi) is 3.96. The Bertz CT molecular complexity index is 734. The number of amides is 1. The number of hydrogen-bond acceptors (Lipinski definition) is 2. The Balaban J connectivity index is 2.10. The van der Waals surface area contributed by atoms with Crippen molar-refractivity contribution < 1.29 is 9.53 Å². The van der Waals surface area contributed by atoms with Crippen LogP contribution < -0.4 is 9.64 Å². The van der Waals surface area contributed by atoms with Crippen molar-refractivity contribution in [2.24, 2.45) is 0 Å². The van der Waals surface area contributed by atoms with E-state index in [9.17, 15) is 4.79 Å². The molecule has 3 rings (SSSR count). The summed E-state index contributed by atoms with van der Waals surface area (Å²) in [6, 6.07) is 15.7. The normalized spacial score (nSPS) is 15.3. The second-order valence-electron chi connectivity index (χ2n) is 5.10. The van der Waals surface area contributed by atoms with Gasteiger partial charge in [0.05, 0.1) is 12.3 Å². The van der Waals surface area contributed by atoms with Crippen LogP contribution in [0, 0.1) is 0 Å². The lowest BCUT2D eigenvalue weighted by molar-refractivity contribution is -0.112. The molecule has 0 fully saturated rings. The molecule has 3 nitrogen and oxygen atoms in total. The summed E-state index contributed by atoms with van der Waals surface area (Å²) < 4.78 is 5.65. The van der Waals surface area contributed by atoms with Gasteiger partial charge in [-0.1, -0.05) is 36.4 Å². The summed E-state index contributed by atoms with van der Waals surface area (Å²) in [7, 11) is 0. The van der Waals surface area contributed by atoms with Crippen LogP contribution in [0.3, 0.4) is 0 Å². The fourth-order valence-corrected chi connectivity index (χ4v) is 2.80. The van der Waals surface area contributed by atoms with Gasteiger partial charge in [0.25, 0.3) is 5.91 Å². The molecule has 3 heteroatoms. The molecular formula is C19H19NO2. The van der Waals surface area contributed by atoms with Crippen LogP contribution in [0.25, 0.3) is 11.6 Å². The van der Waals surface area contributed by atoms with Gasteiger partial charge in [-0.3, -0.25) is 4.79 Å². The number of benzene rings is 2. The maximum absolute atomic E-state index is 12.7. The molecule has 0 unspecified atom stereocenters. The second-order valence-corrected chi connectivity index (χ2v) is 5.10. The van der Waals surface area contributed by atoms with Gasteiger partial charge < -0.3 is 9.64 Å². The molecule has 0 radical (unpaired) electrons. The van der Waals surface area contributed by atoms with Crippen molar-refractivity contribution >= 4 is 23.2 Å². The number of ether oxygens (including phenoxy) is 1. The summed E-state index contributed by atoms with van der Waals surface area (Å²) in [6.07, 6.45) is 1.93. The third-order valence-electron chi connectivity index (χ3n) is 3.80. The van der Waals surface area contributed by atoms with Crippen molar-refractivity contribution in [1.82, 2.24) is 0 Å². The van der Waals surface area contributed by atoms with E-state index in [1.54, 1.807) is 0 Å². The summed E-state index contributed by atoms with van der Waals surface area (Å²) in [5.41, 5.74) is 3.63. The van der Waals surface area contributed by atoms with Crippen molar-refractivity contribution in [3.8, 4) is 5.75 Å². The van der Waals surface area contributed by atoms with Crippen LogP contribution >= 0.6 is 0 Å². The first kappa shape index (κ1) is 14.4. The smallest absolute Gasteiger partial charge is 0.258 e. The van der Waals surface area contributed by atoms with E-state index in [1.807, 2.05) is 73.4 Å². The number of likely N-dealkylation sites (N-methyl/N-ethyl adjacent to an activating group) is 1. The van der Waals surface area contributed by atoms with Gasteiger partial charge in [-0.25, -0.2) is 0 Å². The van der Waals surface area contributed by atoms with E-state index < -0.39 is 0 Å². The molecule has 2 aromatic rings. The fourth-order valence-electron chi connectivity index (χ4n) is 2.80. The van der Waals surface area contributed by atoms with Crippen LogP contribution in [0.15, 0.2) is 48.5 Å². The molecule has 1 amide bonds. The largest absolute Gasteiger partial charge is 0.493 e. The summed E-state index contributed by atoms with van der Waals surface area (Å²) in [5.74, 6) is 0.854. The topological polar surface area (TPSA) is 29.5 Å². The SMILES string of the molecule is CCOc1ccccc1/C=C1\C(=O)N(CC)c2ccccc21. The molecule has 0 aromatic heterocycles. The molecule has 0 bridgehead atoms. The lowest BCUT2D eigenvalue weighted by Gasteiger charge is -2.13. The molecule has 1 aliphatic heterocycles. The highest BCUT2D eigenvalue weighted by molar-refractivity contribution is 6.35. The quantitative estimate of drug-likeness (QED) is 0.798. The van der Waals surface area contributed by atoms with Gasteiger partial charge in [0.15, 0.2) is 0 Å². The molecule has 0 saturated heterocycles. The van der Waals surface area contributed by atoms with Crippen LogP contribution in [-0.4, -0.2) is 19.1 Å². The minimum absolute atomic E-state index is 0.0509. The van der Waals surface area contributed by atoms with Gasteiger partial charge in [0.1, 0.15) is 5.75 Å². The Morgan fingerprint density at radius 2 is 1.77 bits per heavy atom. The number of fused-ring (bicyclic) bond motifs is 1. The van der Waals surface area contributed by atoms with Crippen LogP contribution in [0.1, 0.15) is 25.0 Å². The Hall–Kier alpha value is -2.55. The maximum atomic E-state index is 12.7. The summed E-state index contributed by atoms with van der Waals surface area (Å²) in [5, 5.41) is 0. The van der Waals surface area contributed by atoms with E-state index in [4.69, 9.17) is 4.74 Å². The van der Waals surface area contributed by atoms with E-state index in [2.05, 4.69) is 0 Å². The molecule has 112 valence electrons. The molecule has 0 aliphatic carbocycles. The number of hydrogen-bond donors (Lipinski definition) is 0. The highest BCUT2D eigenvalue weighted by Gasteiger charge is 2.30. The van der Waals surface area contributed by atoms with Crippen LogP contribution in [0.4, 0.5) is 5.69 Å². The number of rotatable bonds is 4. The number of carbonyl (C=O) groups excluding carboxylic acids is 1. The van der Waals surface area contributed by atoms with Crippen molar-refractivity contribution in [3.63, 3.8) is 0 Å². The van der Waals surface area contributed by atoms with Gasteiger partial charge in [-0.15, -0.1) is 0 Å². The molecule has 2 aromatic carbocycles. The predicted molar refractivity (Wildman–Crippen MR) is 90.0 cm³/mol. The van der Waals surface area contributed by atoms with E-state index in [1.165, 1.54) is 0 Å². The lowest BCUT2D eigenvalue weighted by atomic mass is 10.0. The molecule has 1 heterocycles. The summed E-state index contributed by atoms with van der Waals surface area (Å²) in [6.45, 7) is 5.22. The third kappa shape index (κ3) is 2.39. The van der Waals surface area contributed by atoms with Crippen molar-refractivity contribution in [1.29, 1.82) is 0 Å². The zero-order valence-corrected chi connectivity index (χ0v) is 12.9. The first-order valence-electron chi connectivity index (χ1n) is 7.61. The predicted octanol–water partition coefficient (Wildman–Crippen LogP) is 3.99. The lowest BCUT2D eigenvalue weighted by Crippen LogP contribution is -2.25. The number of nitrogens with zero attached hydrogens (tertiary/aromatic N) is 1. The van der Waals surface area contributed by atoms with Gasteiger partial charge in [0, 0.05) is 23.2 Å². The minimum Gasteiger partial charge on any atom is -0.493 e. The van der Waals surface area contributed by atoms with Crippen LogP contribution in [0.5, 0.6) is 5.75 Å². The number of anilines is 1. The van der Waals surface area contributed by atoms with Gasteiger partial charge in [-0.2, -0.15) is 0 Å². The molecule has 22 heavy (non-hydrogen) atoms. The third-order valence-corrected chi connectivity index (χ3v) is 3.80. The van der Waals surface area contributed by atoms with Crippen molar-refractivity contribution in [2.45, 2.75) is 13.8 Å². The zero-order chi connectivity index (χ0) is 15.5. The van der Waals surface area contributed by atoms with E-state index in [-0.39, 0.29) is 5.91 Å². The van der Waals surface area contributed by atoms with Gasteiger partial charge in [-0.05, 0) is 32.1 Å². The first-order valence-corrected chi connectivity index (χ1v) is 7.61. The van der Waals surface area contributed by atoms with Crippen molar-refractivity contribution in [2.75, 3.05) is 18.1 Å². The first-order chi connectivity index (χ1) is 10.8. The molecule has 0 saturated carbocycles. The molecule has 0 atom stereocenters. The standard InChI is InChI=1S/C19H19NO2/c1-3-20-17-11-7-6-10-15(17)16(19(20)21)13-14-9-5-8-12-18(14)22-4-2/h5-13H,3-4H2,1-2H3/b16-13-. The Labute approximate surface area is 130 Å². The molecule has 0 spiro atoms. The Morgan fingerprint density at radius 3 is 2.55 bits per heavy atom. The minimum atomic E-state index is 0.0509. The van der Waals surface area contributed by atoms with Gasteiger partial charge >= 0.3 is 0 Å². The fraction of sp³-hybridized carbons (Fsp3) is 0.211. The van der Waals surface area contributed by atoms with E-state index >= 15 is 0 Å². The molecule has 0 N–H and O–H groups in total. The van der Waals surface area contributed by atoms with Crippen molar-refractivity contribution in [3.05, 3.63) is 59.7 Å².